The summed E-state index contributed by atoms with van der Waals surface area (Å²) >= 11 is 1.55. The van der Waals surface area contributed by atoms with Gasteiger partial charge in [0.25, 0.3) is 0 Å². The first-order valence-electron chi connectivity index (χ1n) is 6.55. The van der Waals surface area contributed by atoms with Gasteiger partial charge in [-0.15, -0.1) is 11.3 Å². The van der Waals surface area contributed by atoms with Gasteiger partial charge < -0.3 is 4.74 Å². The second-order valence-corrected chi connectivity index (χ2v) is 5.51. The zero-order chi connectivity index (χ0) is 14.5. The minimum Gasteiger partial charge on any atom is -0.458 e. The highest BCUT2D eigenvalue weighted by atomic mass is 32.1. The lowest BCUT2D eigenvalue weighted by atomic mass is 10.2. The molecule has 1 aromatic heterocycles. The van der Waals surface area contributed by atoms with E-state index in [9.17, 15) is 4.79 Å². The number of hydrogen-bond acceptors (Lipinski definition) is 4. The van der Waals surface area contributed by atoms with E-state index in [0.717, 1.165) is 20.8 Å². The third kappa shape index (κ3) is 3.55. The number of nitrogens with zero attached hydrogens (tertiary/aromatic N) is 1. The van der Waals surface area contributed by atoms with Crippen molar-refractivity contribution in [3.8, 4) is 0 Å². The molecule has 0 amide bonds. The summed E-state index contributed by atoms with van der Waals surface area (Å²) in [6.07, 6.45) is 3.11. The highest BCUT2D eigenvalue weighted by molar-refractivity contribution is 7.19. The van der Waals surface area contributed by atoms with Gasteiger partial charge in [-0.1, -0.05) is 42.5 Å². The van der Waals surface area contributed by atoms with Crippen LogP contribution in [0, 0.1) is 0 Å². The van der Waals surface area contributed by atoms with E-state index in [4.69, 9.17) is 4.74 Å². The maximum absolute atomic E-state index is 11.7. The molecule has 0 aliphatic carbocycles. The number of ether oxygens (including phenoxy) is 1. The Hall–Kier alpha value is -2.46. The van der Waals surface area contributed by atoms with Crippen molar-refractivity contribution >= 4 is 33.6 Å². The molecule has 3 aromatic rings. The van der Waals surface area contributed by atoms with Crippen LogP contribution in [0.15, 0.2) is 60.7 Å². The van der Waals surface area contributed by atoms with Gasteiger partial charge in [-0.2, -0.15) is 0 Å². The Balaban J connectivity index is 1.61. The molecule has 1 heterocycles. The van der Waals surface area contributed by atoms with Gasteiger partial charge in [0, 0.05) is 6.08 Å². The molecule has 104 valence electrons. The Labute approximate surface area is 126 Å². The molecule has 0 aliphatic rings. The van der Waals surface area contributed by atoms with Gasteiger partial charge in [0.05, 0.1) is 10.2 Å². The Morgan fingerprint density at radius 3 is 2.67 bits per heavy atom. The molecule has 4 heteroatoms. The van der Waals surface area contributed by atoms with Crippen LogP contribution < -0.4 is 0 Å². The number of carbonyl (C=O) groups is 1. The molecule has 0 fully saturated rings. The standard InChI is InChI=1S/C17H13NO2S/c19-17(20-12-13-6-2-1-3-7-13)11-10-16-18-14-8-4-5-9-15(14)21-16/h1-11H,12H2/b11-10+. The molecule has 0 saturated heterocycles. The Bertz CT molecular complexity index is 745. The van der Waals surface area contributed by atoms with E-state index in [1.54, 1.807) is 17.4 Å². The highest BCUT2D eigenvalue weighted by Gasteiger charge is 2.02. The molecule has 0 unspecified atom stereocenters. The fraction of sp³-hybridized carbons (Fsp3) is 0.0588. The molecule has 21 heavy (non-hydrogen) atoms. The monoisotopic (exact) mass is 295 g/mol. The molecule has 0 radical (unpaired) electrons. The third-order valence-corrected chi connectivity index (χ3v) is 3.90. The number of esters is 1. The molecule has 3 rings (SSSR count). The van der Waals surface area contributed by atoms with Crippen molar-refractivity contribution in [1.82, 2.24) is 4.98 Å². The maximum atomic E-state index is 11.7. The molecule has 0 saturated carbocycles. The first-order chi connectivity index (χ1) is 10.3. The molecule has 0 aliphatic heterocycles. The minimum absolute atomic E-state index is 0.282. The fourth-order valence-corrected chi connectivity index (χ4v) is 2.75. The summed E-state index contributed by atoms with van der Waals surface area (Å²) in [5.41, 5.74) is 1.92. The minimum atomic E-state index is -0.363. The predicted octanol–water partition coefficient (Wildman–Crippen LogP) is 4.05. The Kier molecular flexibility index (Phi) is 4.07. The van der Waals surface area contributed by atoms with E-state index in [0.29, 0.717) is 0 Å². The zero-order valence-electron chi connectivity index (χ0n) is 11.2. The number of benzene rings is 2. The van der Waals surface area contributed by atoms with E-state index in [-0.39, 0.29) is 12.6 Å². The SMILES string of the molecule is O=C(/C=C/c1nc2ccccc2s1)OCc1ccccc1. The Morgan fingerprint density at radius 1 is 1.10 bits per heavy atom. The van der Waals surface area contributed by atoms with Gasteiger partial charge in [-0.3, -0.25) is 0 Å². The number of hydrogen-bond donors (Lipinski definition) is 0. The van der Waals surface area contributed by atoms with E-state index in [2.05, 4.69) is 4.98 Å². The highest BCUT2D eigenvalue weighted by Crippen LogP contribution is 2.22. The fourth-order valence-electron chi connectivity index (χ4n) is 1.88. The second kappa shape index (κ2) is 6.33. The van der Waals surface area contributed by atoms with Crippen molar-refractivity contribution in [3.05, 3.63) is 71.2 Å². The van der Waals surface area contributed by atoms with Gasteiger partial charge >= 0.3 is 5.97 Å². The maximum Gasteiger partial charge on any atom is 0.331 e. The summed E-state index contributed by atoms with van der Waals surface area (Å²) in [7, 11) is 0. The van der Waals surface area contributed by atoms with Gasteiger partial charge in [0.1, 0.15) is 11.6 Å². The van der Waals surface area contributed by atoms with Crippen LogP contribution in [0.2, 0.25) is 0 Å². The van der Waals surface area contributed by atoms with E-state index >= 15 is 0 Å². The summed E-state index contributed by atoms with van der Waals surface area (Å²) in [5, 5.41) is 0.799. The summed E-state index contributed by atoms with van der Waals surface area (Å²) < 4.78 is 6.28. The van der Waals surface area contributed by atoms with E-state index in [1.807, 2.05) is 54.6 Å². The van der Waals surface area contributed by atoms with Crippen LogP contribution in [0.3, 0.4) is 0 Å². The van der Waals surface area contributed by atoms with Crippen molar-refractivity contribution in [1.29, 1.82) is 0 Å². The lowest BCUT2D eigenvalue weighted by Crippen LogP contribution is -2.00. The van der Waals surface area contributed by atoms with Gasteiger partial charge in [0.2, 0.25) is 0 Å². The molecular weight excluding hydrogens is 282 g/mol. The van der Waals surface area contributed by atoms with E-state index < -0.39 is 0 Å². The van der Waals surface area contributed by atoms with Crippen molar-refractivity contribution < 1.29 is 9.53 Å². The smallest absolute Gasteiger partial charge is 0.331 e. The second-order valence-electron chi connectivity index (χ2n) is 4.45. The zero-order valence-corrected chi connectivity index (χ0v) is 12.0. The number of aromatic nitrogens is 1. The van der Waals surface area contributed by atoms with Crippen molar-refractivity contribution in [2.24, 2.45) is 0 Å². The van der Waals surface area contributed by atoms with Crippen LogP contribution >= 0.6 is 11.3 Å². The lowest BCUT2D eigenvalue weighted by Gasteiger charge is -2.00. The van der Waals surface area contributed by atoms with Crippen LogP contribution in [0.1, 0.15) is 10.6 Å². The number of carbonyl (C=O) groups excluding carboxylic acids is 1. The topological polar surface area (TPSA) is 39.2 Å². The molecule has 0 atom stereocenters. The third-order valence-electron chi connectivity index (χ3n) is 2.90. The largest absolute Gasteiger partial charge is 0.458 e. The number of fused-ring (bicyclic) bond motifs is 1. The van der Waals surface area contributed by atoms with Crippen LogP contribution in [0.25, 0.3) is 16.3 Å². The van der Waals surface area contributed by atoms with Gasteiger partial charge in [0.15, 0.2) is 0 Å². The molecule has 3 nitrogen and oxygen atoms in total. The summed E-state index contributed by atoms with van der Waals surface area (Å²) in [6, 6.07) is 17.5. The van der Waals surface area contributed by atoms with Crippen LogP contribution in [0.5, 0.6) is 0 Å². The molecule has 2 aromatic carbocycles. The van der Waals surface area contributed by atoms with Crippen molar-refractivity contribution in [2.75, 3.05) is 0 Å². The molecule has 0 bridgehead atoms. The van der Waals surface area contributed by atoms with Crippen LogP contribution in [-0.2, 0) is 16.1 Å². The van der Waals surface area contributed by atoms with Crippen molar-refractivity contribution in [3.63, 3.8) is 0 Å². The number of para-hydroxylation sites is 1. The van der Waals surface area contributed by atoms with Crippen molar-refractivity contribution in [2.45, 2.75) is 6.61 Å². The molecule has 0 spiro atoms. The van der Waals surface area contributed by atoms with Crippen LogP contribution in [-0.4, -0.2) is 11.0 Å². The Morgan fingerprint density at radius 2 is 1.86 bits per heavy atom. The van der Waals surface area contributed by atoms with E-state index in [1.165, 1.54) is 6.08 Å². The molecule has 0 N–H and O–H groups in total. The molecular formula is C17H13NO2S. The normalized spacial score (nSPS) is 11.0. The summed E-state index contributed by atoms with van der Waals surface area (Å²) in [6.45, 7) is 0.282. The summed E-state index contributed by atoms with van der Waals surface area (Å²) in [5.74, 6) is -0.363. The quantitative estimate of drug-likeness (QED) is 0.538. The van der Waals surface area contributed by atoms with Gasteiger partial charge in [-0.05, 0) is 23.8 Å². The van der Waals surface area contributed by atoms with Gasteiger partial charge in [-0.25, -0.2) is 9.78 Å². The average molecular weight is 295 g/mol. The number of thiazole rings is 1. The summed E-state index contributed by atoms with van der Waals surface area (Å²) in [4.78, 5) is 16.1. The lowest BCUT2D eigenvalue weighted by molar-refractivity contribution is -0.138. The average Bonchev–Trinajstić information content (AvgIpc) is 2.95. The van der Waals surface area contributed by atoms with Crippen LogP contribution in [0.4, 0.5) is 0 Å². The first kappa shape index (κ1) is 13.5. The predicted molar refractivity (Wildman–Crippen MR) is 84.9 cm³/mol. The number of rotatable bonds is 4. The first-order valence-corrected chi connectivity index (χ1v) is 7.37.